The Morgan fingerprint density at radius 3 is 1.08 bits per heavy atom. The topological polar surface area (TPSA) is 225 Å². The molecule has 5 heterocycles. The summed E-state index contributed by atoms with van der Waals surface area (Å²) in [7, 11) is 0. The minimum Gasteiger partial charge on any atom is -0.396 e. The van der Waals surface area contributed by atoms with Crippen LogP contribution in [-0.4, -0.2) is 160 Å². The van der Waals surface area contributed by atoms with Gasteiger partial charge in [0.1, 0.15) is 5.82 Å². The summed E-state index contributed by atoms with van der Waals surface area (Å²) in [4.78, 5) is 1.11. The van der Waals surface area contributed by atoms with Gasteiger partial charge in [-0.15, -0.1) is 0 Å². The molecule has 16 N–H and O–H groups in total. The van der Waals surface area contributed by atoms with Crippen molar-refractivity contribution in [3.05, 3.63) is 11.4 Å². The van der Waals surface area contributed by atoms with E-state index in [9.17, 15) is 20.4 Å². The van der Waals surface area contributed by atoms with Crippen LogP contribution in [0.15, 0.2) is 11.4 Å². The van der Waals surface area contributed by atoms with Crippen LogP contribution in [0.3, 0.4) is 0 Å². The van der Waals surface area contributed by atoms with Crippen LogP contribution in [0.5, 0.6) is 0 Å². The SMILES string of the molecule is CC(C)(CO)CNC1CCC(Br)C2C1=C1NC2NC2NC(NC3NC(NC4NC(N1)C1C(NCC(C)(C)CO)CCC(Br)C41)C1C(Br)CCC(NCC(C)(C)CO)C31)C1C(Br)CCC(NCC(C)(C)CO)C21. The molecule has 5 aliphatic heterocycles. The predicted octanol–water partition coefficient (Wildman–Crippen LogP) is 2.71. The normalized spacial score (nSPS) is 44.4. The Kier molecular flexibility index (Phi) is 18.4. The van der Waals surface area contributed by atoms with Gasteiger partial charge < -0.3 is 52.3 Å². The molecule has 0 aromatic rings. The maximum Gasteiger partial charge on any atom is 0.102 e. The van der Waals surface area contributed by atoms with Crippen LogP contribution in [0.1, 0.15) is 107 Å². The van der Waals surface area contributed by atoms with E-state index >= 15 is 0 Å². The number of hydrogen-bond acceptors (Lipinski definition) is 16. The van der Waals surface area contributed by atoms with Crippen molar-refractivity contribution < 1.29 is 20.4 Å². The number of fused-ring (bicyclic) bond motifs is 19. The van der Waals surface area contributed by atoms with Crippen molar-refractivity contribution in [2.24, 2.45) is 63.1 Å². The van der Waals surface area contributed by atoms with E-state index in [0.29, 0.717) is 16.2 Å². The van der Waals surface area contributed by atoms with Crippen LogP contribution in [0, 0.1) is 63.1 Å². The lowest BCUT2D eigenvalue weighted by Gasteiger charge is -2.44. The first kappa shape index (κ1) is 57.4. The third kappa shape index (κ3) is 12.1. The van der Waals surface area contributed by atoms with Crippen molar-refractivity contribution in [1.29, 1.82) is 0 Å². The summed E-state index contributed by atoms with van der Waals surface area (Å²) < 4.78 is 0. The van der Waals surface area contributed by atoms with Gasteiger partial charge in [-0.1, -0.05) is 119 Å². The number of aliphatic hydroxyl groups is 4. The summed E-state index contributed by atoms with van der Waals surface area (Å²) in [5, 5.41) is 92.1. The fourth-order valence-corrected chi connectivity index (χ4v) is 18.1. The molecule has 20 heteroatoms. The number of hydrogen-bond donors (Lipinski definition) is 16. The lowest BCUT2D eigenvalue weighted by molar-refractivity contribution is 0.111. The van der Waals surface area contributed by atoms with Crippen LogP contribution < -0.4 is 63.8 Å². The fraction of sp³-hybridized carbons (Fsp3) is 0.962. The molecule has 22 unspecified atom stereocenters. The molecule has 4 saturated carbocycles. The molecule has 8 bridgehead atoms. The number of aliphatic hydroxyl groups excluding tert-OH is 4. The van der Waals surface area contributed by atoms with Gasteiger partial charge in [0.2, 0.25) is 0 Å². The second-order valence-electron chi connectivity index (χ2n) is 27.0. The van der Waals surface area contributed by atoms with Gasteiger partial charge in [0.25, 0.3) is 0 Å². The van der Waals surface area contributed by atoms with Crippen molar-refractivity contribution in [3.8, 4) is 0 Å². The first-order chi connectivity index (χ1) is 34.1. The quantitative estimate of drug-likeness (QED) is 0.0999. The van der Waals surface area contributed by atoms with Gasteiger partial charge in [-0.25, -0.2) is 0 Å². The molecule has 414 valence electrons. The zero-order valence-corrected chi connectivity index (χ0v) is 50.7. The lowest BCUT2D eigenvalue weighted by atomic mass is 9.73. The van der Waals surface area contributed by atoms with Gasteiger partial charge >= 0.3 is 0 Å². The Morgan fingerprint density at radius 2 is 0.694 bits per heavy atom. The van der Waals surface area contributed by atoms with Crippen LogP contribution in [0.25, 0.3) is 0 Å². The summed E-state index contributed by atoms with van der Waals surface area (Å²) in [5.41, 5.74) is 0.345. The third-order valence-corrected chi connectivity index (χ3v) is 23.1. The van der Waals surface area contributed by atoms with Gasteiger partial charge in [-0.2, -0.15) is 0 Å². The Hall–Kier alpha value is 0.700. The summed E-state index contributed by atoms with van der Waals surface area (Å²) in [6, 6.07) is 0.773. The second kappa shape index (κ2) is 23.0. The minimum absolute atomic E-state index is 0.0118. The van der Waals surface area contributed by atoms with Crippen molar-refractivity contribution in [3.63, 3.8) is 0 Å². The third-order valence-electron chi connectivity index (χ3n) is 18.9. The second-order valence-corrected chi connectivity index (χ2v) is 31.7. The average molecular weight is 1270 g/mol. The molecule has 0 aromatic carbocycles. The van der Waals surface area contributed by atoms with Gasteiger partial charge in [-0.05, 0) is 56.9 Å². The molecule has 16 nitrogen and oxygen atoms in total. The smallest absolute Gasteiger partial charge is 0.102 e. The first-order valence-electron chi connectivity index (χ1n) is 27.8. The molecule has 9 rings (SSSR count). The van der Waals surface area contributed by atoms with E-state index < -0.39 is 0 Å². The van der Waals surface area contributed by atoms with Gasteiger partial charge in [0.05, 0.1) is 43.2 Å². The van der Waals surface area contributed by atoms with Crippen molar-refractivity contribution >= 4 is 63.7 Å². The summed E-state index contributed by atoms with van der Waals surface area (Å²) in [5.74, 6) is 2.64. The summed E-state index contributed by atoms with van der Waals surface area (Å²) in [6.45, 7) is 20.5. The first-order valence-corrected chi connectivity index (χ1v) is 31.5. The Balaban J connectivity index is 1.14. The number of rotatable bonds is 16. The molecule has 72 heavy (non-hydrogen) atoms. The highest BCUT2D eigenvalue weighted by Crippen LogP contribution is 2.49. The Labute approximate surface area is 465 Å². The molecule has 8 fully saturated rings. The predicted molar refractivity (Wildman–Crippen MR) is 301 cm³/mol. The highest BCUT2D eigenvalue weighted by Gasteiger charge is 2.60. The zero-order chi connectivity index (χ0) is 51.7. The summed E-state index contributed by atoms with van der Waals surface area (Å²) >= 11 is 17.3. The highest BCUT2D eigenvalue weighted by molar-refractivity contribution is 9.10. The molecule has 9 aliphatic rings. The fourth-order valence-electron chi connectivity index (χ4n) is 14.5. The van der Waals surface area contributed by atoms with Crippen molar-refractivity contribution in [1.82, 2.24) is 63.8 Å². The van der Waals surface area contributed by atoms with E-state index in [1.807, 2.05) is 0 Å². The van der Waals surface area contributed by atoms with E-state index in [-0.39, 0.29) is 166 Å². The van der Waals surface area contributed by atoms with Gasteiger partial charge in [-0.3, -0.25) is 31.9 Å². The average Bonchev–Trinajstić information content (AvgIpc) is 4.10. The Morgan fingerprint density at radius 1 is 0.389 bits per heavy atom. The molecular weight excluding hydrogens is 1180 g/mol. The molecule has 4 saturated heterocycles. The number of alkyl halides is 4. The number of halogens is 4. The largest absolute Gasteiger partial charge is 0.396 e. The maximum absolute atomic E-state index is 10.4. The molecule has 22 atom stereocenters. The number of nitrogens with one attached hydrogen (secondary N) is 12. The van der Waals surface area contributed by atoms with Gasteiger partial charge in [0, 0.05) is 159 Å². The van der Waals surface area contributed by atoms with E-state index in [1.54, 1.807) is 0 Å². The lowest BCUT2D eigenvalue weighted by Crippen LogP contribution is -2.62. The molecule has 4 aliphatic carbocycles. The van der Waals surface area contributed by atoms with Crippen LogP contribution >= 0.6 is 63.7 Å². The highest BCUT2D eigenvalue weighted by atomic mass is 79.9. The van der Waals surface area contributed by atoms with E-state index in [2.05, 4.69) is 183 Å². The van der Waals surface area contributed by atoms with E-state index in [0.717, 1.165) is 76.8 Å². The molecule has 0 aromatic heterocycles. The van der Waals surface area contributed by atoms with Crippen LogP contribution in [0.4, 0.5) is 0 Å². The minimum atomic E-state index is -0.270. The zero-order valence-electron chi connectivity index (χ0n) is 44.3. The Bertz CT molecular complexity index is 1870. The van der Waals surface area contributed by atoms with Crippen LogP contribution in [0.2, 0.25) is 0 Å². The van der Waals surface area contributed by atoms with Crippen molar-refractivity contribution in [2.45, 2.75) is 193 Å². The maximum atomic E-state index is 10.4. The van der Waals surface area contributed by atoms with Crippen molar-refractivity contribution in [2.75, 3.05) is 52.6 Å². The van der Waals surface area contributed by atoms with E-state index in [1.165, 1.54) is 5.57 Å². The standard InChI is InChI=1S/C52H94Br4N12O4/c1-49(2,21-69)17-57-29-13-9-25(53)33-37(29)45-62-41(33)61-42-34-26(54)10-15-31(59-19-51(5,6)23-71)39(34)47(63-42)68-48-40-32(60-20-52(7,8)24-72)16-12-28(56)36(40)44(67-48)66-46-38-30(58-18-50(3,4)22-70)14-11-27(55)35(38)43(64-45)65-46/h25-39,41-47,57-72H,9-24H2,1-8H3. The van der Waals surface area contributed by atoms with Crippen LogP contribution in [-0.2, 0) is 0 Å². The molecule has 0 spiro atoms. The van der Waals surface area contributed by atoms with Gasteiger partial charge in [0.15, 0.2) is 0 Å². The molecular formula is C52H94Br4N12O4. The molecule has 0 amide bonds. The summed E-state index contributed by atoms with van der Waals surface area (Å²) in [6.07, 6.45) is 7.94. The van der Waals surface area contributed by atoms with E-state index in [4.69, 9.17) is 0 Å². The monoisotopic (exact) mass is 1270 g/mol. The molecule has 0 radical (unpaired) electrons.